The fourth-order valence-corrected chi connectivity index (χ4v) is 2.09. The highest BCUT2D eigenvalue weighted by atomic mass is 16.6. The summed E-state index contributed by atoms with van der Waals surface area (Å²) >= 11 is 0. The number of nitriles is 1. The number of anilines is 1. The molecule has 0 atom stereocenters. The van der Waals surface area contributed by atoms with Crippen molar-refractivity contribution in [1.29, 1.82) is 5.26 Å². The molecule has 0 saturated carbocycles. The number of nitrogens with zero attached hydrogens (tertiary/aromatic N) is 3. The van der Waals surface area contributed by atoms with E-state index in [1.165, 1.54) is 12.1 Å². The Bertz CT molecular complexity index is 487. The van der Waals surface area contributed by atoms with Gasteiger partial charge in [0, 0.05) is 25.7 Å². The molecule has 6 nitrogen and oxygen atoms in total. The van der Waals surface area contributed by atoms with Crippen LogP contribution in [0.15, 0.2) is 18.2 Å². The zero-order chi connectivity index (χ0) is 13.0. The Hall–Kier alpha value is -2.13. The summed E-state index contributed by atoms with van der Waals surface area (Å²) in [4.78, 5) is 12.6. The largest absolute Gasteiger partial charge is 0.365 e. The second-order valence-electron chi connectivity index (χ2n) is 4.16. The van der Waals surface area contributed by atoms with E-state index in [1.54, 1.807) is 6.07 Å². The zero-order valence-corrected chi connectivity index (χ0v) is 9.93. The third-order valence-electron chi connectivity index (χ3n) is 2.98. The van der Waals surface area contributed by atoms with Gasteiger partial charge in [-0.25, -0.2) is 0 Å². The van der Waals surface area contributed by atoms with E-state index in [2.05, 4.69) is 5.32 Å². The van der Waals surface area contributed by atoms with E-state index in [1.807, 2.05) is 11.0 Å². The van der Waals surface area contributed by atoms with E-state index in [9.17, 15) is 10.1 Å². The number of benzene rings is 1. The summed E-state index contributed by atoms with van der Waals surface area (Å²) in [7, 11) is 0. The molecule has 1 aromatic rings. The Kier molecular flexibility index (Phi) is 3.75. The van der Waals surface area contributed by atoms with Crippen LogP contribution in [-0.2, 0) is 0 Å². The minimum atomic E-state index is -0.394. The Balaban J connectivity index is 2.39. The Morgan fingerprint density at radius 2 is 2.22 bits per heavy atom. The third-order valence-corrected chi connectivity index (χ3v) is 2.98. The molecule has 0 radical (unpaired) electrons. The van der Waals surface area contributed by atoms with Gasteiger partial charge in [-0.2, -0.15) is 5.26 Å². The maximum absolute atomic E-state index is 11.0. The summed E-state index contributed by atoms with van der Waals surface area (Å²) in [6.07, 6.45) is 0.938. The molecule has 0 aromatic heterocycles. The highest BCUT2D eigenvalue weighted by molar-refractivity contribution is 5.66. The maximum Gasteiger partial charge on any atom is 0.292 e. The van der Waals surface area contributed by atoms with Gasteiger partial charge in [0.05, 0.1) is 16.6 Å². The molecule has 0 bridgehead atoms. The summed E-state index contributed by atoms with van der Waals surface area (Å²) in [6.45, 7) is 3.20. The minimum absolute atomic E-state index is 0.0656. The third kappa shape index (κ3) is 2.57. The lowest BCUT2D eigenvalue weighted by molar-refractivity contribution is -0.384. The van der Waals surface area contributed by atoms with E-state index < -0.39 is 4.92 Å². The molecule has 1 saturated heterocycles. The molecule has 0 aliphatic carbocycles. The van der Waals surface area contributed by atoms with E-state index in [-0.39, 0.29) is 5.69 Å². The van der Waals surface area contributed by atoms with Gasteiger partial charge in [-0.1, -0.05) is 0 Å². The van der Waals surface area contributed by atoms with Crippen molar-refractivity contribution in [3.63, 3.8) is 0 Å². The smallest absolute Gasteiger partial charge is 0.292 e. The van der Waals surface area contributed by atoms with Crippen LogP contribution in [0, 0.1) is 21.4 Å². The van der Waals surface area contributed by atoms with Crippen molar-refractivity contribution in [3.8, 4) is 6.07 Å². The van der Waals surface area contributed by atoms with Crippen LogP contribution in [0.3, 0.4) is 0 Å². The van der Waals surface area contributed by atoms with Gasteiger partial charge in [-0.15, -0.1) is 0 Å². The van der Waals surface area contributed by atoms with Gasteiger partial charge in [-0.3, -0.25) is 10.1 Å². The van der Waals surface area contributed by atoms with E-state index in [0.717, 1.165) is 32.6 Å². The van der Waals surface area contributed by atoms with Crippen LogP contribution in [0.1, 0.15) is 12.0 Å². The lowest BCUT2D eigenvalue weighted by atomic mass is 10.1. The summed E-state index contributed by atoms with van der Waals surface area (Å²) < 4.78 is 0. The van der Waals surface area contributed by atoms with Gasteiger partial charge >= 0.3 is 0 Å². The zero-order valence-electron chi connectivity index (χ0n) is 9.93. The molecule has 1 N–H and O–H groups in total. The molecule has 18 heavy (non-hydrogen) atoms. The Labute approximate surface area is 105 Å². The van der Waals surface area contributed by atoms with Crippen LogP contribution in [0.25, 0.3) is 0 Å². The van der Waals surface area contributed by atoms with Crippen molar-refractivity contribution < 1.29 is 4.92 Å². The lowest BCUT2D eigenvalue weighted by Gasteiger charge is -2.22. The van der Waals surface area contributed by atoms with Gasteiger partial charge in [0.25, 0.3) is 5.69 Å². The normalized spacial score (nSPS) is 15.8. The number of nitro groups is 1. The first-order valence-corrected chi connectivity index (χ1v) is 5.86. The first kappa shape index (κ1) is 12.3. The predicted octanol–water partition coefficient (Wildman–Crippen LogP) is 1.27. The fourth-order valence-electron chi connectivity index (χ4n) is 2.09. The molecule has 0 amide bonds. The quantitative estimate of drug-likeness (QED) is 0.627. The summed E-state index contributed by atoms with van der Waals surface area (Å²) in [5.41, 5.74) is 1.06. The van der Waals surface area contributed by atoms with Crippen LogP contribution in [-0.4, -0.2) is 31.1 Å². The van der Waals surface area contributed by atoms with E-state index >= 15 is 0 Å². The molecule has 0 spiro atoms. The standard InChI is InChI=1S/C12H14N4O2/c13-9-10-2-3-11(16(17)18)12(8-10)15-6-1-4-14-5-7-15/h2-3,8,14H,1,4-7H2. The topological polar surface area (TPSA) is 82.2 Å². The number of nitrogens with one attached hydrogen (secondary N) is 1. The molecule has 1 aliphatic rings. The second kappa shape index (κ2) is 5.47. The van der Waals surface area contributed by atoms with Crippen LogP contribution in [0.5, 0.6) is 0 Å². The average Bonchev–Trinajstić information content (AvgIpc) is 2.66. The number of nitro benzene ring substituents is 1. The molecule has 6 heteroatoms. The number of rotatable bonds is 2. The molecule has 94 valence electrons. The lowest BCUT2D eigenvalue weighted by Crippen LogP contribution is -2.28. The summed E-state index contributed by atoms with van der Waals surface area (Å²) in [5.74, 6) is 0. The molecule has 1 fully saturated rings. The van der Waals surface area contributed by atoms with E-state index in [4.69, 9.17) is 5.26 Å². The van der Waals surface area contributed by atoms with Crippen LogP contribution in [0.4, 0.5) is 11.4 Å². The van der Waals surface area contributed by atoms with Crippen molar-refractivity contribution in [2.45, 2.75) is 6.42 Å². The second-order valence-corrected chi connectivity index (χ2v) is 4.16. The first-order chi connectivity index (χ1) is 8.72. The Morgan fingerprint density at radius 1 is 1.39 bits per heavy atom. The first-order valence-electron chi connectivity index (χ1n) is 5.86. The highest BCUT2D eigenvalue weighted by Gasteiger charge is 2.20. The number of hydrogen-bond donors (Lipinski definition) is 1. The van der Waals surface area contributed by atoms with Crippen molar-refractivity contribution in [2.24, 2.45) is 0 Å². The monoisotopic (exact) mass is 246 g/mol. The molecule has 1 heterocycles. The van der Waals surface area contributed by atoms with Crippen LogP contribution in [0.2, 0.25) is 0 Å². The predicted molar refractivity (Wildman–Crippen MR) is 67.5 cm³/mol. The molecule has 1 aliphatic heterocycles. The molecule has 1 aromatic carbocycles. The molecule has 2 rings (SSSR count). The van der Waals surface area contributed by atoms with Crippen molar-refractivity contribution in [2.75, 3.05) is 31.1 Å². The van der Waals surface area contributed by atoms with Crippen LogP contribution >= 0.6 is 0 Å². The molecular formula is C12H14N4O2. The average molecular weight is 246 g/mol. The van der Waals surface area contributed by atoms with E-state index in [0.29, 0.717) is 11.3 Å². The Morgan fingerprint density at radius 3 is 2.94 bits per heavy atom. The van der Waals surface area contributed by atoms with Gasteiger partial charge < -0.3 is 10.2 Å². The SMILES string of the molecule is N#Cc1ccc([N+](=O)[O-])c(N2CCCNCC2)c1. The molecule has 0 unspecified atom stereocenters. The molecular weight excluding hydrogens is 232 g/mol. The van der Waals surface area contributed by atoms with Crippen molar-refractivity contribution >= 4 is 11.4 Å². The fraction of sp³-hybridized carbons (Fsp3) is 0.417. The minimum Gasteiger partial charge on any atom is -0.365 e. The van der Waals surface area contributed by atoms with Gasteiger partial charge in [0.15, 0.2) is 0 Å². The summed E-state index contributed by atoms with van der Waals surface area (Å²) in [6, 6.07) is 6.52. The van der Waals surface area contributed by atoms with Crippen molar-refractivity contribution in [3.05, 3.63) is 33.9 Å². The van der Waals surface area contributed by atoms with Gasteiger partial charge in [-0.05, 0) is 25.1 Å². The maximum atomic E-state index is 11.0. The van der Waals surface area contributed by atoms with Gasteiger partial charge in [0.2, 0.25) is 0 Å². The summed E-state index contributed by atoms with van der Waals surface area (Å²) in [5, 5.41) is 23.2. The van der Waals surface area contributed by atoms with Gasteiger partial charge in [0.1, 0.15) is 5.69 Å². The van der Waals surface area contributed by atoms with Crippen molar-refractivity contribution in [1.82, 2.24) is 5.32 Å². The highest BCUT2D eigenvalue weighted by Crippen LogP contribution is 2.29. The number of hydrogen-bond acceptors (Lipinski definition) is 5. The van der Waals surface area contributed by atoms with Crippen LogP contribution < -0.4 is 10.2 Å².